The second-order valence-electron chi connectivity index (χ2n) is 6.48. The van der Waals surface area contributed by atoms with Crippen LogP contribution in [-0.2, 0) is 16.6 Å². The summed E-state index contributed by atoms with van der Waals surface area (Å²) in [6.07, 6.45) is 5.49. The molecule has 2 fully saturated rings. The zero-order chi connectivity index (χ0) is 17.0. The molecule has 0 aromatic heterocycles. The molecule has 3 rings (SSSR count). The van der Waals surface area contributed by atoms with Crippen molar-refractivity contribution >= 4 is 40.0 Å². The van der Waals surface area contributed by atoms with Gasteiger partial charge in [-0.15, -0.1) is 24.0 Å². The first-order valence-corrected chi connectivity index (χ1v) is 10.2. The highest BCUT2D eigenvalue weighted by atomic mass is 127. The van der Waals surface area contributed by atoms with Crippen molar-refractivity contribution in [1.29, 1.82) is 0 Å². The fourth-order valence-electron chi connectivity index (χ4n) is 3.24. The average molecular weight is 478 g/mol. The molecule has 0 unspecified atom stereocenters. The Hall–Kier alpha value is -0.870. The zero-order valence-corrected chi connectivity index (χ0v) is 17.6. The van der Waals surface area contributed by atoms with Gasteiger partial charge in [0.2, 0.25) is 10.0 Å². The first-order valence-electron chi connectivity index (χ1n) is 8.71. The molecule has 0 bridgehead atoms. The summed E-state index contributed by atoms with van der Waals surface area (Å²) in [6, 6.07) is 7.01. The van der Waals surface area contributed by atoms with E-state index in [1.807, 2.05) is 12.1 Å². The highest BCUT2D eigenvalue weighted by Crippen LogP contribution is 2.21. The molecule has 2 aliphatic rings. The van der Waals surface area contributed by atoms with Crippen LogP contribution >= 0.6 is 24.0 Å². The van der Waals surface area contributed by atoms with Crippen molar-refractivity contribution in [1.82, 2.24) is 9.21 Å². The van der Waals surface area contributed by atoms with Crippen molar-refractivity contribution in [2.75, 3.05) is 26.2 Å². The molecule has 2 N–H and O–H groups in total. The monoisotopic (exact) mass is 478 g/mol. The lowest BCUT2D eigenvalue weighted by atomic mass is 10.1. The molecule has 8 heteroatoms. The highest BCUT2D eigenvalue weighted by molar-refractivity contribution is 14.0. The normalized spacial score (nSPS) is 19.7. The SMILES string of the molecule is I.NC(=NCc1ccc(S(=O)(=O)N2CCCC2)cc1)N1CCCCC1. The van der Waals surface area contributed by atoms with Crippen LogP contribution < -0.4 is 5.73 Å². The third-order valence-corrected chi connectivity index (χ3v) is 6.64. The lowest BCUT2D eigenvalue weighted by Crippen LogP contribution is -2.40. The number of rotatable bonds is 4. The molecular weight excluding hydrogens is 451 g/mol. The Morgan fingerprint density at radius 2 is 1.52 bits per heavy atom. The zero-order valence-electron chi connectivity index (χ0n) is 14.4. The van der Waals surface area contributed by atoms with Gasteiger partial charge in [-0.05, 0) is 49.8 Å². The van der Waals surface area contributed by atoms with Gasteiger partial charge in [0.25, 0.3) is 0 Å². The van der Waals surface area contributed by atoms with Crippen LogP contribution in [0.2, 0.25) is 0 Å². The van der Waals surface area contributed by atoms with Crippen LogP contribution in [0.25, 0.3) is 0 Å². The number of nitrogens with zero attached hydrogens (tertiary/aromatic N) is 3. The van der Waals surface area contributed by atoms with Crippen molar-refractivity contribution in [3.8, 4) is 0 Å². The smallest absolute Gasteiger partial charge is 0.243 e. The summed E-state index contributed by atoms with van der Waals surface area (Å²) in [7, 11) is -3.34. The van der Waals surface area contributed by atoms with Crippen LogP contribution in [0.1, 0.15) is 37.7 Å². The summed E-state index contributed by atoms with van der Waals surface area (Å²) in [5.41, 5.74) is 7.02. The van der Waals surface area contributed by atoms with Crippen molar-refractivity contribution < 1.29 is 8.42 Å². The average Bonchev–Trinajstić information content (AvgIpc) is 3.16. The van der Waals surface area contributed by atoms with Gasteiger partial charge in [0, 0.05) is 26.2 Å². The van der Waals surface area contributed by atoms with Gasteiger partial charge in [-0.25, -0.2) is 13.4 Å². The van der Waals surface area contributed by atoms with Gasteiger partial charge in [0.15, 0.2) is 5.96 Å². The maximum atomic E-state index is 12.5. The predicted molar refractivity (Wildman–Crippen MR) is 111 cm³/mol. The van der Waals surface area contributed by atoms with Crippen molar-refractivity contribution in [3.63, 3.8) is 0 Å². The van der Waals surface area contributed by atoms with E-state index < -0.39 is 10.0 Å². The summed E-state index contributed by atoms with van der Waals surface area (Å²) >= 11 is 0. The Morgan fingerprint density at radius 1 is 0.960 bits per heavy atom. The highest BCUT2D eigenvalue weighted by Gasteiger charge is 2.26. The molecule has 0 amide bonds. The number of nitrogens with two attached hydrogens (primary N) is 1. The first-order chi connectivity index (χ1) is 11.6. The fourth-order valence-corrected chi connectivity index (χ4v) is 4.76. The Labute approximate surface area is 167 Å². The lowest BCUT2D eigenvalue weighted by molar-refractivity contribution is 0.338. The van der Waals surface area contributed by atoms with E-state index in [1.54, 1.807) is 16.4 Å². The molecule has 0 saturated carbocycles. The van der Waals surface area contributed by atoms with Gasteiger partial charge in [-0.1, -0.05) is 12.1 Å². The van der Waals surface area contributed by atoms with Crippen molar-refractivity contribution in [3.05, 3.63) is 29.8 Å². The summed E-state index contributed by atoms with van der Waals surface area (Å²) in [4.78, 5) is 6.93. The number of piperidine rings is 1. The molecule has 0 radical (unpaired) electrons. The van der Waals surface area contributed by atoms with E-state index in [-0.39, 0.29) is 24.0 Å². The number of sulfonamides is 1. The standard InChI is InChI=1S/C17H26N4O2S.HI/c18-17(20-10-2-1-3-11-20)19-14-15-6-8-16(9-7-15)24(22,23)21-12-4-5-13-21;/h6-9H,1-5,10-14H2,(H2,18,19);1H. The van der Waals surface area contributed by atoms with Crippen LogP contribution in [0.3, 0.4) is 0 Å². The quantitative estimate of drug-likeness (QED) is 0.410. The van der Waals surface area contributed by atoms with Gasteiger partial charge in [-0.3, -0.25) is 0 Å². The molecule has 1 aromatic carbocycles. The van der Waals surface area contributed by atoms with E-state index in [0.29, 0.717) is 30.5 Å². The van der Waals surface area contributed by atoms with Crippen LogP contribution in [-0.4, -0.2) is 49.8 Å². The minimum Gasteiger partial charge on any atom is -0.370 e. The molecule has 6 nitrogen and oxygen atoms in total. The molecule has 2 aliphatic heterocycles. The third-order valence-electron chi connectivity index (χ3n) is 4.73. The number of hydrogen-bond acceptors (Lipinski definition) is 3. The van der Waals surface area contributed by atoms with Crippen LogP contribution in [0.4, 0.5) is 0 Å². The first kappa shape index (κ1) is 20.4. The Morgan fingerprint density at radius 3 is 2.12 bits per heavy atom. The predicted octanol–water partition coefficient (Wildman–Crippen LogP) is 2.39. The Balaban J connectivity index is 0.00000225. The summed E-state index contributed by atoms with van der Waals surface area (Å²) in [5, 5.41) is 0. The van der Waals surface area contributed by atoms with Gasteiger partial charge >= 0.3 is 0 Å². The van der Waals surface area contributed by atoms with Crippen LogP contribution in [0.15, 0.2) is 34.2 Å². The molecule has 0 spiro atoms. The Bertz CT molecular complexity index is 679. The molecular formula is C17H27IN4O2S. The second-order valence-corrected chi connectivity index (χ2v) is 8.42. The fraction of sp³-hybridized carbons (Fsp3) is 0.588. The van der Waals surface area contributed by atoms with Gasteiger partial charge in [-0.2, -0.15) is 4.31 Å². The van der Waals surface area contributed by atoms with E-state index in [9.17, 15) is 8.42 Å². The second kappa shape index (κ2) is 9.18. The summed E-state index contributed by atoms with van der Waals surface area (Å²) in [5.74, 6) is 0.587. The lowest BCUT2D eigenvalue weighted by Gasteiger charge is -2.27. The molecule has 2 saturated heterocycles. The van der Waals surface area contributed by atoms with Gasteiger partial charge in [0.1, 0.15) is 0 Å². The minimum atomic E-state index is -3.34. The largest absolute Gasteiger partial charge is 0.370 e. The molecule has 25 heavy (non-hydrogen) atoms. The van der Waals surface area contributed by atoms with Crippen molar-refractivity contribution in [2.24, 2.45) is 10.7 Å². The number of guanidine groups is 1. The van der Waals surface area contributed by atoms with Crippen molar-refractivity contribution in [2.45, 2.75) is 43.5 Å². The van der Waals surface area contributed by atoms with Crippen LogP contribution in [0.5, 0.6) is 0 Å². The van der Waals surface area contributed by atoms with Crippen LogP contribution in [0, 0.1) is 0 Å². The number of likely N-dealkylation sites (tertiary alicyclic amines) is 1. The van der Waals surface area contributed by atoms with Gasteiger partial charge in [0.05, 0.1) is 11.4 Å². The maximum absolute atomic E-state index is 12.5. The van der Waals surface area contributed by atoms with E-state index in [0.717, 1.165) is 31.5 Å². The van der Waals surface area contributed by atoms with Gasteiger partial charge < -0.3 is 10.6 Å². The molecule has 0 atom stereocenters. The van der Waals surface area contributed by atoms with E-state index in [4.69, 9.17) is 5.73 Å². The van der Waals surface area contributed by atoms with E-state index >= 15 is 0 Å². The number of aliphatic imine (C=N–C) groups is 1. The van der Waals surface area contributed by atoms with E-state index in [2.05, 4.69) is 9.89 Å². The summed E-state index contributed by atoms with van der Waals surface area (Å²) < 4.78 is 26.5. The summed E-state index contributed by atoms with van der Waals surface area (Å²) in [6.45, 7) is 3.68. The third kappa shape index (κ3) is 5.07. The van der Waals surface area contributed by atoms with E-state index in [1.165, 1.54) is 19.3 Å². The molecule has 2 heterocycles. The topological polar surface area (TPSA) is 79.0 Å². The molecule has 140 valence electrons. The number of hydrogen-bond donors (Lipinski definition) is 1. The Kier molecular flexibility index (Phi) is 7.51. The number of halogens is 1. The molecule has 0 aliphatic carbocycles. The molecule has 1 aromatic rings. The minimum absolute atomic E-state index is 0. The maximum Gasteiger partial charge on any atom is 0.243 e. The number of benzene rings is 1.